The maximum absolute atomic E-state index is 12.3. The Morgan fingerprint density at radius 2 is 2.13 bits per heavy atom. The molecule has 0 radical (unpaired) electrons. The van der Waals surface area contributed by atoms with E-state index in [-0.39, 0.29) is 28.3 Å². The number of nitrogens with zero attached hydrogens (tertiary/aromatic N) is 1. The second-order valence-electron chi connectivity index (χ2n) is 7.98. The largest absolute Gasteiger partial charge is 0.299 e. The van der Waals surface area contributed by atoms with Gasteiger partial charge in [-0.05, 0) is 62.5 Å². The maximum Gasteiger partial charge on any atom is 0.178 e. The Hall–Kier alpha value is -1.69. The highest BCUT2D eigenvalue weighted by Gasteiger charge is 2.55. The van der Waals surface area contributed by atoms with Gasteiger partial charge in [-0.1, -0.05) is 25.5 Å². The molecule has 3 aliphatic carbocycles. The van der Waals surface area contributed by atoms with Gasteiger partial charge in [0.2, 0.25) is 0 Å². The molecule has 23 heavy (non-hydrogen) atoms. The van der Waals surface area contributed by atoms with Gasteiger partial charge in [-0.3, -0.25) is 9.59 Å². The van der Waals surface area contributed by atoms with Crippen molar-refractivity contribution >= 4 is 11.6 Å². The Morgan fingerprint density at radius 3 is 2.78 bits per heavy atom. The Labute approximate surface area is 138 Å². The lowest BCUT2D eigenvalue weighted by Gasteiger charge is -2.56. The van der Waals surface area contributed by atoms with Gasteiger partial charge < -0.3 is 0 Å². The molecule has 3 heteroatoms. The highest BCUT2D eigenvalue weighted by atomic mass is 16.1. The van der Waals surface area contributed by atoms with Crippen molar-refractivity contribution in [3.05, 3.63) is 23.8 Å². The number of nitriles is 1. The lowest BCUT2D eigenvalue weighted by molar-refractivity contribution is -0.136. The normalized spacial score (nSPS) is 42.3. The summed E-state index contributed by atoms with van der Waals surface area (Å²) in [7, 11) is 0. The molecule has 122 valence electrons. The summed E-state index contributed by atoms with van der Waals surface area (Å²) >= 11 is 0. The molecule has 0 aliphatic heterocycles. The number of hydrogen-bond donors (Lipinski definition) is 0. The fourth-order valence-electron chi connectivity index (χ4n) is 5.43. The van der Waals surface area contributed by atoms with Crippen LogP contribution in [0.2, 0.25) is 0 Å². The topological polar surface area (TPSA) is 57.9 Å². The van der Waals surface area contributed by atoms with Crippen LogP contribution in [-0.2, 0) is 9.59 Å². The van der Waals surface area contributed by atoms with Gasteiger partial charge in [0.15, 0.2) is 5.78 Å². The van der Waals surface area contributed by atoms with Gasteiger partial charge in [-0.15, -0.1) is 0 Å². The SMILES string of the molecule is CC(=O)[C@@]1(C)CC[C@H]2[C@@H](CCC3=CC(=O)C=C[C@@]32C)[C@@H]1CC#N. The van der Waals surface area contributed by atoms with Gasteiger partial charge in [-0.25, -0.2) is 0 Å². The standard InChI is InChI=1S/C20H25NO2/c1-13(22)19(2)10-7-17-16(18(19)8-11-21)5-4-14-12-15(23)6-9-20(14,17)3/h6,9,12,16-18H,4-5,7-8,10H2,1-3H3/t16-,17+,18+,19-,20+/m1/s1. The molecule has 0 bridgehead atoms. The molecule has 2 fully saturated rings. The number of fused-ring (bicyclic) bond motifs is 3. The molecule has 3 nitrogen and oxygen atoms in total. The summed E-state index contributed by atoms with van der Waals surface area (Å²) in [5, 5.41) is 9.32. The average Bonchev–Trinajstić information content (AvgIpc) is 2.50. The van der Waals surface area contributed by atoms with Crippen LogP contribution in [0.15, 0.2) is 23.8 Å². The number of allylic oxidation sites excluding steroid dienone is 4. The van der Waals surface area contributed by atoms with Gasteiger partial charge in [0, 0.05) is 17.3 Å². The summed E-state index contributed by atoms with van der Waals surface area (Å²) in [6, 6.07) is 2.33. The van der Waals surface area contributed by atoms with Crippen molar-refractivity contribution in [3.63, 3.8) is 0 Å². The first-order valence-corrected chi connectivity index (χ1v) is 8.65. The number of Topliss-reactive ketones (excluding diaryl/α,β-unsaturated/α-hetero) is 1. The van der Waals surface area contributed by atoms with E-state index < -0.39 is 0 Å². The minimum absolute atomic E-state index is 0.0807. The van der Waals surface area contributed by atoms with E-state index in [1.54, 1.807) is 13.0 Å². The molecule has 0 unspecified atom stereocenters. The van der Waals surface area contributed by atoms with Gasteiger partial charge >= 0.3 is 0 Å². The van der Waals surface area contributed by atoms with E-state index in [0.29, 0.717) is 18.3 Å². The Kier molecular flexibility index (Phi) is 3.83. The minimum atomic E-state index is -0.372. The van der Waals surface area contributed by atoms with Crippen LogP contribution < -0.4 is 0 Å². The number of ketones is 2. The molecule has 2 saturated carbocycles. The minimum Gasteiger partial charge on any atom is -0.299 e. The Morgan fingerprint density at radius 1 is 1.39 bits per heavy atom. The van der Waals surface area contributed by atoms with Gasteiger partial charge in [0.1, 0.15) is 5.78 Å². The third-order valence-electron chi connectivity index (χ3n) is 7.06. The van der Waals surface area contributed by atoms with Crippen molar-refractivity contribution in [3.8, 4) is 6.07 Å². The first-order chi connectivity index (χ1) is 10.8. The maximum atomic E-state index is 12.3. The van der Waals surface area contributed by atoms with E-state index in [4.69, 9.17) is 0 Å². The number of carbonyl (C=O) groups excluding carboxylic acids is 2. The molecule has 0 amide bonds. The fourth-order valence-corrected chi connectivity index (χ4v) is 5.43. The highest BCUT2D eigenvalue weighted by molar-refractivity contribution is 6.01. The molecule has 0 N–H and O–H groups in total. The van der Waals surface area contributed by atoms with Crippen LogP contribution in [0.5, 0.6) is 0 Å². The van der Waals surface area contributed by atoms with Crippen molar-refractivity contribution in [1.82, 2.24) is 0 Å². The summed E-state index contributed by atoms with van der Waals surface area (Å²) in [6.45, 7) is 5.97. The monoisotopic (exact) mass is 311 g/mol. The lowest BCUT2D eigenvalue weighted by atomic mass is 9.47. The van der Waals surface area contributed by atoms with Crippen molar-refractivity contribution in [1.29, 1.82) is 5.26 Å². The Balaban J connectivity index is 2.00. The first-order valence-electron chi connectivity index (χ1n) is 8.65. The molecule has 3 rings (SSSR count). The van der Waals surface area contributed by atoms with Crippen LogP contribution in [0.4, 0.5) is 0 Å². The summed E-state index contributed by atoms with van der Waals surface area (Å²) in [5.74, 6) is 1.26. The summed E-state index contributed by atoms with van der Waals surface area (Å²) in [5.41, 5.74) is 0.791. The van der Waals surface area contributed by atoms with E-state index in [1.165, 1.54) is 5.57 Å². The Bertz CT molecular complexity index is 653. The van der Waals surface area contributed by atoms with Crippen LogP contribution >= 0.6 is 0 Å². The predicted octanol–water partition coefficient (Wildman–Crippen LogP) is 4.00. The molecule has 0 aromatic carbocycles. The van der Waals surface area contributed by atoms with Crippen molar-refractivity contribution < 1.29 is 9.59 Å². The van der Waals surface area contributed by atoms with Gasteiger partial charge in [0.05, 0.1) is 6.07 Å². The zero-order valence-corrected chi connectivity index (χ0v) is 14.3. The van der Waals surface area contributed by atoms with E-state index in [0.717, 1.165) is 25.7 Å². The van der Waals surface area contributed by atoms with Crippen molar-refractivity contribution in [2.45, 2.75) is 52.9 Å². The predicted molar refractivity (Wildman–Crippen MR) is 88.3 cm³/mol. The molecule has 0 aromatic heterocycles. The third kappa shape index (κ3) is 2.31. The molecule has 0 aromatic rings. The van der Waals surface area contributed by atoms with Crippen molar-refractivity contribution in [2.24, 2.45) is 28.6 Å². The zero-order chi connectivity index (χ0) is 16.8. The first kappa shape index (κ1) is 16.2. The van der Waals surface area contributed by atoms with E-state index in [1.807, 2.05) is 6.08 Å². The zero-order valence-electron chi connectivity index (χ0n) is 14.3. The fraction of sp³-hybridized carbons (Fsp3) is 0.650. The van der Waals surface area contributed by atoms with Crippen LogP contribution in [0.1, 0.15) is 52.9 Å². The van der Waals surface area contributed by atoms with E-state index >= 15 is 0 Å². The van der Waals surface area contributed by atoms with Crippen molar-refractivity contribution in [2.75, 3.05) is 0 Å². The number of carbonyl (C=O) groups is 2. The molecule has 5 atom stereocenters. The van der Waals surface area contributed by atoms with Crippen LogP contribution in [0.25, 0.3) is 0 Å². The molecular formula is C20H25NO2. The summed E-state index contributed by atoms with van der Waals surface area (Å²) in [4.78, 5) is 24.0. The molecule has 3 aliphatic rings. The smallest absolute Gasteiger partial charge is 0.178 e. The van der Waals surface area contributed by atoms with E-state index in [9.17, 15) is 14.9 Å². The van der Waals surface area contributed by atoms with Crippen LogP contribution in [0.3, 0.4) is 0 Å². The highest BCUT2D eigenvalue weighted by Crippen LogP contribution is 2.61. The molecular weight excluding hydrogens is 286 g/mol. The quantitative estimate of drug-likeness (QED) is 0.774. The number of rotatable bonds is 2. The summed E-state index contributed by atoms with van der Waals surface area (Å²) < 4.78 is 0. The van der Waals surface area contributed by atoms with E-state index in [2.05, 4.69) is 26.0 Å². The lowest BCUT2D eigenvalue weighted by Crippen LogP contribution is -2.51. The van der Waals surface area contributed by atoms with Crippen LogP contribution in [0, 0.1) is 39.9 Å². The summed E-state index contributed by atoms with van der Waals surface area (Å²) in [6.07, 6.45) is 9.79. The molecule has 0 spiro atoms. The molecule has 0 saturated heterocycles. The van der Waals surface area contributed by atoms with Gasteiger partial charge in [-0.2, -0.15) is 5.26 Å². The third-order valence-corrected chi connectivity index (χ3v) is 7.06. The second-order valence-corrected chi connectivity index (χ2v) is 7.98. The van der Waals surface area contributed by atoms with Crippen LogP contribution in [-0.4, -0.2) is 11.6 Å². The van der Waals surface area contributed by atoms with Gasteiger partial charge in [0.25, 0.3) is 0 Å². The number of hydrogen-bond acceptors (Lipinski definition) is 3. The average molecular weight is 311 g/mol. The second kappa shape index (κ2) is 5.44. The molecule has 0 heterocycles.